The molecule has 100 valence electrons. The molecule has 1 saturated heterocycles. The van der Waals surface area contributed by atoms with Gasteiger partial charge < -0.3 is 10.2 Å². The molecule has 0 aromatic carbocycles. The number of pyridine rings is 1. The Bertz CT molecular complexity index is 460. The summed E-state index contributed by atoms with van der Waals surface area (Å²) in [5, 5.41) is 4.16. The van der Waals surface area contributed by atoms with Gasteiger partial charge in [-0.3, -0.25) is 4.21 Å². The van der Waals surface area contributed by atoms with Crippen LogP contribution in [0.3, 0.4) is 0 Å². The van der Waals surface area contributed by atoms with E-state index in [1.165, 1.54) is 0 Å². The van der Waals surface area contributed by atoms with E-state index >= 15 is 0 Å². The highest BCUT2D eigenvalue weighted by Gasteiger charge is 2.20. The van der Waals surface area contributed by atoms with E-state index in [-0.39, 0.29) is 0 Å². The van der Waals surface area contributed by atoms with E-state index in [2.05, 4.69) is 15.2 Å². The molecule has 0 bridgehead atoms. The van der Waals surface area contributed by atoms with E-state index in [0.717, 1.165) is 6.54 Å². The van der Waals surface area contributed by atoms with Crippen LogP contribution in [0.5, 0.6) is 0 Å². The van der Waals surface area contributed by atoms with E-state index in [1.54, 1.807) is 6.07 Å². The highest BCUT2D eigenvalue weighted by Crippen LogP contribution is 2.31. The zero-order valence-corrected chi connectivity index (χ0v) is 12.4. The molecule has 0 saturated carbocycles. The Hall–Kier alpha value is -0.520. The Morgan fingerprint density at radius 1 is 1.39 bits per heavy atom. The normalized spacial score (nSPS) is 16.9. The molecule has 7 heteroatoms. The van der Waals surface area contributed by atoms with Crippen LogP contribution in [-0.4, -0.2) is 40.3 Å². The number of nitrogens with one attached hydrogen (secondary N) is 1. The zero-order valence-electron chi connectivity index (χ0n) is 10.1. The fourth-order valence-electron chi connectivity index (χ4n) is 1.82. The minimum atomic E-state index is -0.709. The van der Waals surface area contributed by atoms with E-state index in [0.29, 0.717) is 46.3 Å². The molecular weight excluding hydrogens is 293 g/mol. The third kappa shape index (κ3) is 3.08. The Balaban J connectivity index is 2.26. The van der Waals surface area contributed by atoms with Crippen LogP contribution in [-0.2, 0) is 10.8 Å². The summed E-state index contributed by atoms with van der Waals surface area (Å²) in [7, 11) is -0.709. The van der Waals surface area contributed by atoms with Gasteiger partial charge in [0, 0.05) is 41.9 Å². The largest absolute Gasteiger partial charge is 0.369 e. The number of rotatable bonds is 3. The molecule has 1 aliphatic heterocycles. The van der Waals surface area contributed by atoms with Gasteiger partial charge in [0.1, 0.15) is 11.6 Å². The first-order chi connectivity index (χ1) is 8.61. The number of nitrogens with zero attached hydrogens (tertiary/aromatic N) is 2. The molecule has 4 nitrogen and oxygen atoms in total. The van der Waals surface area contributed by atoms with Crippen LogP contribution in [0.15, 0.2) is 6.07 Å². The van der Waals surface area contributed by atoms with Gasteiger partial charge in [0.05, 0.1) is 10.0 Å². The third-order valence-electron chi connectivity index (χ3n) is 2.73. The van der Waals surface area contributed by atoms with Crippen LogP contribution in [0.2, 0.25) is 10.0 Å². The predicted molar refractivity (Wildman–Crippen MR) is 78.5 cm³/mol. The number of hydrogen-bond acceptors (Lipinski definition) is 4. The average Bonchev–Trinajstić information content (AvgIpc) is 2.34. The minimum Gasteiger partial charge on any atom is -0.369 e. The average molecular weight is 308 g/mol. The van der Waals surface area contributed by atoms with Crippen LogP contribution >= 0.6 is 23.2 Å². The van der Waals surface area contributed by atoms with Crippen molar-refractivity contribution in [2.45, 2.75) is 6.92 Å². The van der Waals surface area contributed by atoms with Crippen molar-refractivity contribution in [1.29, 1.82) is 0 Å². The fraction of sp³-hybridized carbons (Fsp3) is 0.545. The summed E-state index contributed by atoms with van der Waals surface area (Å²) in [5.74, 6) is 2.69. The fourth-order valence-corrected chi connectivity index (χ4v) is 3.42. The van der Waals surface area contributed by atoms with Gasteiger partial charge in [-0.15, -0.1) is 0 Å². The standard InChI is InChI=1S/C11H15Cl2N3OS/c1-2-14-10-8(12)7-9(13)11(15-10)16-3-5-18(17)6-4-16/h7H,2-6H2,1H3,(H,14,15). The second-order valence-electron chi connectivity index (χ2n) is 3.99. The van der Waals surface area contributed by atoms with Crippen LogP contribution in [0.4, 0.5) is 11.6 Å². The maximum atomic E-state index is 11.3. The van der Waals surface area contributed by atoms with Crippen molar-refractivity contribution in [2.24, 2.45) is 0 Å². The lowest BCUT2D eigenvalue weighted by atomic mass is 10.3. The van der Waals surface area contributed by atoms with Gasteiger partial charge >= 0.3 is 0 Å². The molecule has 1 aromatic rings. The molecule has 1 fully saturated rings. The molecule has 0 atom stereocenters. The van der Waals surface area contributed by atoms with Crippen molar-refractivity contribution in [3.05, 3.63) is 16.1 Å². The molecule has 1 N–H and O–H groups in total. The quantitative estimate of drug-likeness (QED) is 0.931. The Labute approximate surface area is 119 Å². The molecular formula is C11H15Cl2N3OS. The molecule has 0 radical (unpaired) electrons. The Morgan fingerprint density at radius 2 is 2.06 bits per heavy atom. The van der Waals surface area contributed by atoms with E-state index in [4.69, 9.17) is 23.2 Å². The van der Waals surface area contributed by atoms with E-state index in [1.807, 2.05) is 6.92 Å². The zero-order chi connectivity index (χ0) is 13.1. The van der Waals surface area contributed by atoms with Gasteiger partial charge in [-0.2, -0.15) is 0 Å². The molecule has 0 amide bonds. The topological polar surface area (TPSA) is 45.2 Å². The van der Waals surface area contributed by atoms with Crippen molar-refractivity contribution in [2.75, 3.05) is 41.4 Å². The van der Waals surface area contributed by atoms with Gasteiger partial charge in [0.2, 0.25) is 0 Å². The van der Waals surface area contributed by atoms with E-state index in [9.17, 15) is 4.21 Å². The lowest BCUT2D eigenvalue weighted by Crippen LogP contribution is -2.38. The van der Waals surface area contributed by atoms with Crippen molar-refractivity contribution in [3.8, 4) is 0 Å². The molecule has 1 aliphatic rings. The maximum Gasteiger partial charge on any atom is 0.150 e. The van der Waals surface area contributed by atoms with Crippen LogP contribution in [0, 0.1) is 0 Å². The van der Waals surface area contributed by atoms with Gasteiger partial charge in [-0.25, -0.2) is 4.98 Å². The molecule has 1 aromatic heterocycles. The number of anilines is 2. The number of halogens is 2. The van der Waals surface area contributed by atoms with Crippen LogP contribution in [0.25, 0.3) is 0 Å². The predicted octanol–water partition coefficient (Wildman–Crippen LogP) is 2.39. The SMILES string of the molecule is CCNc1nc(N2CCS(=O)CC2)c(Cl)cc1Cl. The first-order valence-corrected chi connectivity index (χ1v) is 8.06. The van der Waals surface area contributed by atoms with E-state index < -0.39 is 10.8 Å². The molecule has 0 unspecified atom stereocenters. The summed E-state index contributed by atoms with van der Waals surface area (Å²) >= 11 is 12.2. The first kappa shape index (κ1) is 13.9. The smallest absolute Gasteiger partial charge is 0.150 e. The monoisotopic (exact) mass is 307 g/mol. The highest BCUT2D eigenvalue weighted by atomic mass is 35.5. The summed E-state index contributed by atoms with van der Waals surface area (Å²) in [5.41, 5.74) is 0. The van der Waals surface area contributed by atoms with Gasteiger partial charge in [-0.1, -0.05) is 23.2 Å². The highest BCUT2D eigenvalue weighted by molar-refractivity contribution is 7.85. The van der Waals surface area contributed by atoms with Gasteiger partial charge in [0.25, 0.3) is 0 Å². The molecule has 2 rings (SSSR count). The second-order valence-corrected chi connectivity index (χ2v) is 6.50. The molecule has 18 heavy (non-hydrogen) atoms. The minimum absolute atomic E-state index is 0.520. The van der Waals surface area contributed by atoms with Crippen LogP contribution < -0.4 is 10.2 Å². The van der Waals surface area contributed by atoms with Crippen molar-refractivity contribution in [3.63, 3.8) is 0 Å². The summed E-state index contributed by atoms with van der Waals surface area (Å²) < 4.78 is 11.3. The lowest BCUT2D eigenvalue weighted by Gasteiger charge is -2.28. The number of hydrogen-bond donors (Lipinski definition) is 1. The summed E-state index contributed by atoms with van der Waals surface area (Å²) in [4.78, 5) is 6.52. The van der Waals surface area contributed by atoms with Crippen molar-refractivity contribution < 1.29 is 4.21 Å². The molecule has 0 spiro atoms. The van der Waals surface area contributed by atoms with Crippen molar-refractivity contribution in [1.82, 2.24) is 4.98 Å². The van der Waals surface area contributed by atoms with Gasteiger partial charge in [0.15, 0.2) is 0 Å². The Morgan fingerprint density at radius 3 is 2.67 bits per heavy atom. The summed E-state index contributed by atoms with van der Waals surface area (Å²) in [6.45, 7) is 4.16. The third-order valence-corrected chi connectivity index (χ3v) is 4.57. The maximum absolute atomic E-state index is 11.3. The number of aromatic nitrogens is 1. The molecule has 2 heterocycles. The van der Waals surface area contributed by atoms with Crippen molar-refractivity contribution >= 4 is 45.6 Å². The van der Waals surface area contributed by atoms with Gasteiger partial charge in [-0.05, 0) is 13.0 Å². The summed E-state index contributed by atoms with van der Waals surface area (Å²) in [6.07, 6.45) is 0. The first-order valence-electron chi connectivity index (χ1n) is 5.81. The molecule has 0 aliphatic carbocycles. The lowest BCUT2D eigenvalue weighted by molar-refractivity contribution is 0.672. The van der Waals surface area contributed by atoms with Crippen LogP contribution in [0.1, 0.15) is 6.92 Å². The Kier molecular flexibility index (Phi) is 4.70. The summed E-state index contributed by atoms with van der Waals surface area (Å²) in [6, 6.07) is 1.70. The second kappa shape index (κ2) is 6.08.